The Kier molecular flexibility index (Phi) is 4.14. The molecule has 0 aliphatic carbocycles. The summed E-state index contributed by atoms with van der Waals surface area (Å²) >= 11 is 4.21. The molecule has 0 aliphatic heterocycles. The van der Waals surface area contributed by atoms with Crippen molar-refractivity contribution in [2.75, 3.05) is 25.9 Å². The molecular formula is C13H18N2O2S. The van der Waals surface area contributed by atoms with Crippen molar-refractivity contribution in [1.82, 2.24) is 9.47 Å². The molecule has 2 rings (SSSR count). The van der Waals surface area contributed by atoms with E-state index in [1.807, 2.05) is 18.2 Å². The van der Waals surface area contributed by atoms with E-state index in [1.165, 1.54) is 10.1 Å². The summed E-state index contributed by atoms with van der Waals surface area (Å²) in [5.74, 6) is 0.556. The van der Waals surface area contributed by atoms with Crippen LogP contribution in [0.1, 0.15) is 5.56 Å². The summed E-state index contributed by atoms with van der Waals surface area (Å²) in [6.45, 7) is 1.97. The van der Waals surface area contributed by atoms with Crippen molar-refractivity contribution in [2.24, 2.45) is 7.05 Å². The predicted molar refractivity (Wildman–Crippen MR) is 76.5 cm³/mol. The monoisotopic (exact) mass is 266 g/mol. The van der Waals surface area contributed by atoms with Gasteiger partial charge >= 0.3 is 5.76 Å². The quantitative estimate of drug-likeness (QED) is 0.834. The Morgan fingerprint density at radius 2 is 2.17 bits per heavy atom. The van der Waals surface area contributed by atoms with Crippen molar-refractivity contribution in [3.05, 3.63) is 34.3 Å². The fourth-order valence-corrected chi connectivity index (χ4v) is 2.27. The average Bonchev–Trinajstić information content (AvgIpc) is 2.63. The number of nitrogens with zero attached hydrogens (tertiary/aromatic N) is 2. The zero-order chi connectivity index (χ0) is 13.1. The minimum atomic E-state index is -0.311. The zero-order valence-electron chi connectivity index (χ0n) is 10.7. The van der Waals surface area contributed by atoms with Gasteiger partial charge in [0, 0.05) is 25.9 Å². The Labute approximate surface area is 112 Å². The maximum absolute atomic E-state index is 11.4. The fourth-order valence-electron chi connectivity index (χ4n) is 1.93. The third kappa shape index (κ3) is 2.79. The lowest BCUT2D eigenvalue weighted by molar-refractivity contribution is 0.361. The van der Waals surface area contributed by atoms with Crippen LogP contribution in [-0.4, -0.2) is 35.4 Å². The molecule has 4 nitrogen and oxygen atoms in total. The van der Waals surface area contributed by atoms with Gasteiger partial charge in [0.05, 0.1) is 5.52 Å². The van der Waals surface area contributed by atoms with Crippen LogP contribution >= 0.6 is 12.6 Å². The van der Waals surface area contributed by atoms with Crippen molar-refractivity contribution in [1.29, 1.82) is 0 Å². The van der Waals surface area contributed by atoms with E-state index in [2.05, 4.69) is 24.6 Å². The van der Waals surface area contributed by atoms with Crippen LogP contribution in [0.3, 0.4) is 0 Å². The van der Waals surface area contributed by atoms with Gasteiger partial charge in [-0.25, -0.2) is 4.79 Å². The van der Waals surface area contributed by atoms with Crippen LogP contribution in [0.5, 0.6) is 0 Å². The second kappa shape index (κ2) is 5.63. The molecule has 2 aromatic rings. The van der Waals surface area contributed by atoms with E-state index in [1.54, 1.807) is 7.05 Å². The lowest BCUT2D eigenvalue weighted by Gasteiger charge is -2.14. The highest BCUT2D eigenvalue weighted by molar-refractivity contribution is 7.80. The van der Waals surface area contributed by atoms with Crippen LogP contribution in [0.25, 0.3) is 11.1 Å². The fraction of sp³-hybridized carbons (Fsp3) is 0.462. The van der Waals surface area contributed by atoms with Gasteiger partial charge < -0.3 is 9.32 Å². The molecule has 0 aliphatic rings. The molecule has 98 valence electrons. The number of fused-ring (bicyclic) bond motifs is 1. The van der Waals surface area contributed by atoms with Gasteiger partial charge in [0.2, 0.25) is 0 Å². The molecule has 0 amide bonds. The van der Waals surface area contributed by atoms with Crippen molar-refractivity contribution < 1.29 is 4.42 Å². The highest BCUT2D eigenvalue weighted by Crippen LogP contribution is 2.14. The predicted octanol–water partition coefficient (Wildman–Crippen LogP) is 1.54. The van der Waals surface area contributed by atoms with Crippen LogP contribution in [-0.2, 0) is 13.5 Å². The normalized spacial score (nSPS) is 11.6. The Balaban J connectivity index is 2.15. The van der Waals surface area contributed by atoms with Gasteiger partial charge in [-0.3, -0.25) is 4.57 Å². The molecule has 0 saturated carbocycles. The van der Waals surface area contributed by atoms with E-state index in [0.717, 1.165) is 30.8 Å². The lowest BCUT2D eigenvalue weighted by Crippen LogP contribution is -2.23. The number of thiol groups is 1. The summed E-state index contributed by atoms with van der Waals surface area (Å²) in [5, 5.41) is 0. The van der Waals surface area contributed by atoms with Crippen molar-refractivity contribution in [3.63, 3.8) is 0 Å². The van der Waals surface area contributed by atoms with Crippen molar-refractivity contribution in [3.8, 4) is 0 Å². The lowest BCUT2D eigenvalue weighted by atomic mass is 10.1. The van der Waals surface area contributed by atoms with Crippen LogP contribution < -0.4 is 5.76 Å². The van der Waals surface area contributed by atoms with Crippen molar-refractivity contribution >= 4 is 23.7 Å². The summed E-state index contributed by atoms with van der Waals surface area (Å²) in [7, 11) is 3.81. The Hall–Kier alpha value is -1.20. The van der Waals surface area contributed by atoms with Gasteiger partial charge in [-0.15, -0.1) is 0 Å². The van der Waals surface area contributed by atoms with Gasteiger partial charge in [0.25, 0.3) is 0 Å². The van der Waals surface area contributed by atoms with Gasteiger partial charge in [-0.2, -0.15) is 12.6 Å². The van der Waals surface area contributed by atoms with E-state index < -0.39 is 0 Å². The van der Waals surface area contributed by atoms with E-state index >= 15 is 0 Å². The topological polar surface area (TPSA) is 38.4 Å². The maximum Gasteiger partial charge on any atom is 0.419 e. The maximum atomic E-state index is 11.4. The summed E-state index contributed by atoms with van der Waals surface area (Å²) in [6, 6.07) is 5.90. The number of hydrogen-bond acceptors (Lipinski definition) is 4. The van der Waals surface area contributed by atoms with Gasteiger partial charge in [0.1, 0.15) is 0 Å². The third-order valence-corrected chi connectivity index (χ3v) is 3.32. The SMILES string of the molecule is CN(CCS)CCc1ccc2oc(=O)n(C)c2c1. The molecule has 18 heavy (non-hydrogen) atoms. The highest BCUT2D eigenvalue weighted by Gasteiger charge is 2.06. The molecule has 0 bridgehead atoms. The first-order valence-electron chi connectivity index (χ1n) is 5.99. The number of benzene rings is 1. The smallest absolute Gasteiger partial charge is 0.408 e. The van der Waals surface area contributed by atoms with Crippen LogP contribution in [0.15, 0.2) is 27.4 Å². The van der Waals surface area contributed by atoms with Crippen molar-refractivity contribution in [2.45, 2.75) is 6.42 Å². The number of oxazole rings is 1. The largest absolute Gasteiger partial charge is 0.419 e. The molecule has 0 spiro atoms. The van der Waals surface area contributed by atoms with Crippen LogP contribution in [0.2, 0.25) is 0 Å². The molecule has 0 N–H and O–H groups in total. The molecular weight excluding hydrogens is 248 g/mol. The summed E-state index contributed by atoms with van der Waals surface area (Å²) in [6.07, 6.45) is 0.958. The third-order valence-electron chi connectivity index (χ3n) is 3.12. The molecule has 0 saturated heterocycles. The van der Waals surface area contributed by atoms with Crippen LogP contribution in [0.4, 0.5) is 0 Å². The van der Waals surface area contributed by atoms with E-state index in [9.17, 15) is 4.79 Å². The molecule has 1 aromatic carbocycles. The number of hydrogen-bond donors (Lipinski definition) is 1. The first kappa shape index (κ1) is 13.2. The first-order valence-corrected chi connectivity index (χ1v) is 6.63. The average molecular weight is 266 g/mol. The molecule has 0 unspecified atom stereocenters. The van der Waals surface area contributed by atoms with E-state index in [-0.39, 0.29) is 5.76 Å². The minimum absolute atomic E-state index is 0.311. The van der Waals surface area contributed by atoms with Crippen LogP contribution in [0, 0.1) is 0 Å². The molecule has 5 heteroatoms. The Morgan fingerprint density at radius 3 is 2.89 bits per heavy atom. The molecule has 0 radical (unpaired) electrons. The van der Waals surface area contributed by atoms with E-state index in [4.69, 9.17) is 4.42 Å². The number of likely N-dealkylation sites (N-methyl/N-ethyl adjacent to an activating group) is 1. The highest BCUT2D eigenvalue weighted by atomic mass is 32.1. The summed E-state index contributed by atoms with van der Waals surface area (Å²) < 4.78 is 6.64. The number of rotatable bonds is 5. The molecule has 0 fully saturated rings. The zero-order valence-corrected chi connectivity index (χ0v) is 11.6. The van der Waals surface area contributed by atoms with E-state index in [0.29, 0.717) is 5.58 Å². The second-order valence-corrected chi connectivity index (χ2v) is 4.95. The first-order chi connectivity index (χ1) is 8.61. The summed E-state index contributed by atoms with van der Waals surface area (Å²) in [4.78, 5) is 13.6. The Bertz CT molecular complexity index is 588. The minimum Gasteiger partial charge on any atom is -0.408 e. The van der Waals surface area contributed by atoms with Gasteiger partial charge in [-0.05, 0) is 31.2 Å². The molecule has 1 aromatic heterocycles. The Morgan fingerprint density at radius 1 is 1.39 bits per heavy atom. The molecule has 0 atom stereocenters. The number of aryl methyl sites for hydroxylation is 1. The second-order valence-electron chi connectivity index (χ2n) is 4.51. The standard InChI is InChI=1S/C13H18N2O2S/c1-14(7-8-18)6-5-10-3-4-12-11(9-10)15(2)13(16)17-12/h3-4,9,18H,5-8H2,1-2H3. The number of aromatic nitrogens is 1. The van der Waals surface area contributed by atoms with Gasteiger partial charge in [0.15, 0.2) is 5.58 Å². The molecule has 1 heterocycles. The summed E-state index contributed by atoms with van der Waals surface area (Å²) in [5.41, 5.74) is 2.72. The van der Waals surface area contributed by atoms with Gasteiger partial charge in [-0.1, -0.05) is 6.07 Å².